The first-order valence-corrected chi connectivity index (χ1v) is 7.54. The Balaban J connectivity index is 1.44. The fraction of sp³-hybridized carbons (Fsp3) is 0.929. The maximum absolute atomic E-state index is 12.0. The highest BCUT2D eigenvalue weighted by Gasteiger charge is 2.40. The first-order chi connectivity index (χ1) is 9.22. The van der Waals surface area contributed by atoms with E-state index in [2.05, 4.69) is 10.2 Å². The summed E-state index contributed by atoms with van der Waals surface area (Å²) in [6.45, 7) is 1.95. The smallest absolute Gasteiger partial charge is 0.234 e. The van der Waals surface area contributed by atoms with Gasteiger partial charge in [0, 0.05) is 25.2 Å². The molecule has 3 atom stereocenters. The molecule has 3 saturated heterocycles. The van der Waals surface area contributed by atoms with Crippen molar-refractivity contribution < 1.29 is 14.6 Å². The topological polar surface area (TPSA) is 61.8 Å². The van der Waals surface area contributed by atoms with E-state index in [4.69, 9.17) is 4.74 Å². The Morgan fingerprint density at radius 1 is 1.26 bits per heavy atom. The fourth-order valence-electron chi connectivity index (χ4n) is 3.76. The Labute approximate surface area is 114 Å². The zero-order chi connectivity index (χ0) is 13.2. The van der Waals surface area contributed by atoms with Crippen LogP contribution in [0.1, 0.15) is 38.5 Å². The lowest BCUT2D eigenvalue weighted by atomic mass is 10.00. The second-order valence-corrected chi connectivity index (χ2v) is 6.12. The molecule has 3 aliphatic rings. The summed E-state index contributed by atoms with van der Waals surface area (Å²) in [4.78, 5) is 14.3. The molecule has 0 saturated carbocycles. The van der Waals surface area contributed by atoms with Gasteiger partial charge in [-0.1, -0.05) is 0 Å². The SMILES string of the molecule is O=C(CN1C2CCC1CC(O)C2)NCC1CCCO1. The van der Waals surface area contributed by atoms with Gasteiger partial charge in [-0.25, -0.2) is 0 Å². The van der Waals surface area contributed by atoms with Crippen LogP contribution in [-0.4, -0.2) is 59.9 Å². The number of hydrogen-bond acceptors (Lipinski definition) is 4. The molecule has 2 bridgehead atoms. The van der Waals surface area contributed by atoms with Crippen molar-refractivity contribution in [3.05, 3.63) is 0 Å². The van der Waals surface area contributed by atoms with Gasteiger partial charge in [0.25, 0.3) is 0 Å². The summed E-state index contributed by atoms with van der Waals surface area (Å²) >= 11 is 0. The maximum atomic E-state index is 12.0. The van der Waals surface area contributed by atoms with Crippen LogP contribution in [0.2, 0.25) is 0 Å². The Morgan fingerprint density at radius 3 is 2.63 bits per heavy atom. The van der Waals surface area contributed by atoms with Crippen molar-refractivity contribution in [1.82, 2.24) is 10.2 Å². The molecule has 0 aromatic carbocycles. The van der Waals surface area contributed by atoms with Crippen molar-refractivity contribution in [2.45, 2.75) is 62.8 Å². The van der Waals surface area contributed by atoms with Gasteiger partial charge in [-0.05, 0) is 38.5 Å². The summed E-state index contributed by atoms with van der Waals surface area (Å²) in [6, 6.07) is 0.810. The van der Waals surface area contributed by atoms with Gasteiger partial charge >= 0.3 is 0 Å². The van der Waals surface area contributed by atoms with Gasteiger partial charge in [0.1, 0.15) is 0 Å². The molecule has 2 N–H and O–H groups in total. The standard InChI is InChI=1S/C14H24N2O3/c17-12-6-10-3-4-11(7-12)16(10)9-14(18)15-8-13-2-1-5-19-13/h10-13,17H,1-9H2,(H,15,18). The van der Waals surface area contributed by atoms with Crippen molar-refractivity contribution in [3.8, 4) is 0 Å². The normalized spacial score (nSPS) is 38.6. The number of carbonyl (C=O) groups is 1. The first-order valence-electron chi connectivity index (χ1n) is 7.54. The van der Waals surface area contributed by atoms with E-state index >= 15 is 0 Å². The number of carbonyl (C=O) groups excluding carboxylic acids is 1. The molecule has 3 fully saturated rings. The minimum Gasteiger partial charge on any atom is -0.393 e. The molecule has 1 amide bonds. The Hall–Kier alpha value is -0.650. The van der Waals surface area contributed by atoms with Crippen molar-refractivity contribution >= 4 is 5.91 Å². The number of nitrogens with one attached hydrogen (secondary N) is 1. The summed E-state index contributed by atoms with van der Waals surface area (Å²) in [5.41, 5.74) is 0. The van der Waals surface area contributed by atoms with Crippen molar-refractivity contribution in [2.24, 2.45) is 0 Å². The molecule has 3 unspecified atom stereocenters. The molecule has 108 valence electrons. The predicted octanol–water partition coefficient (Wildman–Crippen LogP) is 0.269. The molecular formula is C14H24N2O3. The number of rotatable bonds is 4. The number of piperidine rings is 1. The van der Waals surface area contributed by atoms with Crippen LogP contribution in [0.3, 0.4) is 0 Å². The van der Waals surface area contributed by atoms with Crippen LogP contribution in [0.15, 0.2) is 0 Å². The highest BCUT2D eigenvalue weighted by molar-refractivity contribution is 5.78. The molecule has 0 aromatic heterocycles. The zero-order valence-electron chi connectivity index (χ0n) is 11.4. The van der Waals surface area contributed by atoms with E-state index in [-0.39, 0.29) is 18.1 Å². The largest absolute Gasteiger partial charge is 0.393 e. The average Bonchev–Trinajstić information content (AvgIpc) is 2.96. The minimum atomic E-state index is -0.163. The van der Waals surface area contributed by atoms with Gasteiger partial charge in [0.05, 0.1) is 18.8 Å². The van der Waals surface area contributed by atoms with Crippen molar-refractivity contribution in [1.29, 1.82) is 0 Å². The number of aliphatic hydroxyl groups excluding tert-OH is 1. The third kappa shape index (κ3) is 3.09. The molecule has 0 aliphatic carbocycles. The second-order valence-electron chi connectivity index (χ2n) is 6.12. The van der Waals surface area contributed by atoms with Gasteiger partial charge in [-0.3, -0.25) is 9.69 Å². The summed E-state index contributed by atoms with van der Waals surface area (Å²) < 4.78 is 5.50. The number of hydrogen-bond donors (Lipinski definition) is 2. The van der Waals surface area contributed by atoms with Gasteiger partial charge in [0.2, 0.25) is 5.91 Å². The van der Waals surface area contributed by atoms with E-state index in [1.165, 1.54) is 0 Å². The summed E-state index contributed by atoms with van der Waals surface area (Å²) in [5.74, 6) is 0.101. The summed E-state index contributed by atoms with van der Waals surface area (Å²) in [7, 11) is 0. The summed E-state index contributed by atoms with van der Waals surface area (Å²) in [5, 5.41) is 12.7. The molecule has 0 spiro atoms. The van der Waals surface area contributed by atoms with Gasteiger partial charge in [0.15, 0.2) is 0 Å². The van der Waals surface area contributed by atoms with Crippen LogP contribution in [0.5, 0.6) is 0 Å². The van der Waals surface area contributed by atoms with Crippen molar-refractivity contribution in [3.63, 3.8) is 0 Å². The lowest BCUT2D eigenvalue weighted by Crippen LogP contribution is -2.49. The van der Waals surface area contributed by atoms with E-state index in [0.717, 1.165) is 45.1 Å². The summed E-state index contributed by atoms with van der Waals surface area (Å²) in [6.07, 6.45) is 6.12. The van der Waals surface area contributed by atoms with E-state index in [1.54, 1.807) is 0 Å². The number of fused-ring (bicyclic) bond motifs is 2. The van der Waals surface area contributed by atoms with Crippen LogP contribution in [0.25, 0.3) is 0 Å². The molecular weight excluding hydrogens is 244 g/mol. The molecule has 19 heavy (non-hydrogen) atoms. The monoisotopic (exact) mass is 268 g/mol. The van der Waals surface area contributed by atoms with E-state index in [9.17, 15) is 9.90 Å². The van der Waals surface area contributed by atoms with Crippen molar-refractivity contribution in [2.75, 3.05) is 19.7 Å². The van der Waals surface area contributed by atoms with E-state index in [1.807, 2.05) is 0 Å². The average molecular weight is 268 g/mol. The third-order valence-corrected chi connectivity index (χ3v) is 4.74. The highest BCUT2D eigenvalue weighted by atomic mass is 16.5. The lowest BCUT2D eigenvalue weighted by molar-refractivity contribution is -0.124. The number of ether oxygens (including phenoxy) is 1. The molecule has 0 aromatic rings. The van der Waals surface area contributed by atoms with E-state index < -0.39 is 0 Å². The minimum absolute atomic E-state index is 0.101. The molecule has 5 heteroatoms. The Bertz CT molecular complexity index is 317. The molecule has 3 aliphatic heterocycles. The molecule has 5 nitrogen and oxygen atoms in total. The van der Waals surface area contributed by atoms with Gasteiger partial charge in [-0.2, -0.15) is 0 Å². The van der Waals surface area contributed by atoms with Gasteiger partial charge in [-0.15, -0.1) is 0 Å². The fourth-order valence-corrected chi connectivity index (χ4v) is 3.76. The molecule has 0 radical (unpaired) electrons. The zero-order valence-corrected chi connectivity index (χ0v) is 11.4. The van der Waals surface area contributed by atoms with Crippen LogP contribution in [0.4, 0.5) is 0 Å². The molecule has 3 rings (SSSR count). The third-order valence-electron chi connectivity index (χ3n) is 4.74. The first kappa shape index (κ1) is 13.3. The Kier molecular flexibility index (Phi) is 4.05. The predicted molar refractivity (Wildman–Crippen MR) is 70.7 cm³/mol. The second kappa shape index (κ2) is 5.77. The van der Waals surface area contributed by atoms with Crippen LogP contribution in [-0.2, 0) is 9.53 Å². The lowest BCUT2D eigenvalue weighted by Gasteiger charge is -2.36. The molecule has 3 heterocycles. The quantitative estimate of drug-likeness (QED) is 0.768. The highest BCUT2D eigenvalue weighted by Crippen LogP contribution is 2.35. The van der Waals surface area contributed by atoms with Crippen LogP contribution in [0, 0.1) is 0 Å². The maximum Gasteiger partial charge on any atom is 0.234 e. The number of amides is 1. The van der Waals surface area contributed by atoms with Gasteiger partial charge < -0.3 is 15.2 Å². The number of aliphatic hydroxyl groups is 1. The Morgan fingerprint density at radius 2 is 2.00 bits per heavy atom. The van der Waals surface area contributed by atoms with Crippen LogP contribution >= 0.6 is 0 Å². The number of nitrogens with zero attached hydrogens (tertiary/aromatic N) is 1. The van der Waals surface area contributed by atoms with E-state index in [0.29, 0.717) is 25.2 Å². The van der Waals surface area contributed by atoms with Crippen LogP contribution < -0.4 is 5.32 Å².